The lowest BCUT2D eigenvalue weighted by atomic mass is 10.1. The van der Waals surface area contributed by atoms with E-state index in [4.69, 9.17) is 4.42 Å². The number of fused-ring (bicyclic) bond motifs is 4. The van der Waals surface area contributed by atoms with Crippen LogP contribution >= 0.6 is 0 Å². The lowest BCUT2D eigenvalue weighted by molar-refractivity contribution is 0.669. The van der Waals surface area contributed by atoms with Crippen molar-refractivity contribution in [2.24, 2.45) is 0 Å². The third-order valence-corrected chi connectivity index (χ3v) is 3.05. The minimum absolute atomic E-state index is 0.941. The van der Waals surface area contributed by atoms with Crippen LogP contribution in [-0.2, 0) is 0 Å². The molecule has 0 aliphatic rings. The maximum Gasteiger partial charge on any atom is 0.137 e. The smallest absolute Gasteiger partial charge is 0.137 e. The van der Waals surface area contributed by atoms with Crippen molar-refractivity contribution < 1.29 is 4.42 Å². The van der Waals surface area contributed by atoms with Crippen LogP contribution in [0.3, 0.4) is 0 Å². The van der Waals surface area contributed by atoms with Crippen LogP contribution in [0.4, 0.5) is 0 Å². The van der Waals surface area contributed by atoms with Gasteiger partial charge in [0.2, 0.25) is 0 Å². The molecule has 0 aliphatic heterocycles. The number of hydrogen-bond acceptors (Lipinski definition) is 1. The molecule has 0 bridgehead atoms. The van der Waals surface area contributed by atoms with Crippen LogP contribution < -0.4 is 0 Å². The fourth-order valence-electron chi connectivity index (χ4n) is 2.27. The van der Waals surface area contributed by atoms with Gasteiger partial charge in [-0.2, -0.15) is 0 Å². The molecule has 2 heterocycles. The Hall–Kier alpha value is -2.22. The van der Waals surface area contributed by atoms with Gasteiger partial charge in [0.25, 0.3) is 0 Å². The predicted octanol–water partition coefficient (Wildman–Crippen LogP) is 4.07. The second kappa shape index (κ2) is 2.67. The molecule has 0 aliphatic carbocycles. The number of para-hydroxylation sites is 1. The quantitative estimate of drug-likeness (QED) is 0.462. The Morgan fingerprint density at radius 3 is 2.81 bits per heavy atom. The van der Waals surface area contributed by atoms with Gasteiger partial charge in [0.1, 0.15) is 11.2 Å². The average molecular weight is 207 g/mol. The molecule has 1 N–H and O–H groups in total. The van der Waals surface area contributed by atoms with Crippen LogP contribution in [-0.4, -0.2) is 4.98 Å². The highest BCUT2D eigenvalue weighted by atomic mass is 16.3. The topological polar surface area (TPSA) is 28.9 Å². The fraction of sp³-hybridized carbons (Fsp3) is 0. The van der Waals surface area contributed by atoms with Gasteiger partial charge in [-0.15, -0.1) is 0 Å². The summed E-state index contributed by atoms with van der Waals surface area (Å²) in [6.07, 6.45) is 1.95. The number of hydrogen-bond donors (Lipinski definition) is 1. The fourth-order valence-corrected chi connectivity index (χ4v) is 2.27. The summed E-state index contributed by atoms with van der Waals surface area (Å²) in [5.74, 6) is 0. The van der Waals surface area contributed by atoms with E-state index >= 15 is 0 Å². The van der Waals surface area contributed by atoms with Crippen molar-refractivity contribution in [2.75, 3.05) is 0 Å². The average Bonchev–Trinajstić information content (AvgIpc) is 2.88. The molecule has 0 amide bonds. The molecule has 2 heteroatoms. The predicted molar refractivity (Wildman–Crippen MR) is 65.6 cm³/mol. The highest BCUT2D eigenvalue weighted by Gasteiger charge is 2.07. The van der Waals surface area contributed by atoms with Crippen LogP contribution in [0.1, 0.15) is 0 Å². The van der Waals surface area contributed by atoms with Crippen LogP contribution in [0.5, 0.6) is 0 Å². The Bertz CT molecular complexity index is 807. The minimum Gasteiger partial charge on any atom is -0.456 e. The first kappa shape index (κ1) is 7.99. The molecule has 2 aromatic heterocycles. The lowest BCUT2D eigenvalue weighted by Gasteiger charge is -1.90. The van der Waals surface area contributed by atoms with Crippen molar-refractivity contribution in [1.29, 1.82) is 0 Å². The second-order valence-electron chi connectivity index (χ2n) is 4.01. The van der Waals surface area contributed by atoms with E-state index in [-0.39, 0.29) is 0 Å². The van der Waals surface area contributed by atoms with E-state index in [1.165, 1.54) is 16.2 Å². The van der Waals surface area contributed by atoms with Gasteiger partial charge < -0.3 is 9.40 Å². The molecule has 76 valence electrons. The summed E-state index contributed by atoms with van der Waals surface area (Å²) < 4.78 is 5.81. The summed E-state index contributed by atoms with van der Waals surface area (Å²) in [5, 5.41) is 3.59. The van der Waals surface area contributed by atoms with Crippen LogP contribution in [0, 0.1) is 0 Å². The molecule has 2 nitrogen and oxygen atoms in total. The summed E-state index contributed by atoms with van der Waals surface area (Å²) in [4.78, 5) is 3.20. The van der Waals surface area contributed by atoms with E-state index in [1.54, 1.807) is 0 Å². The number of nitrogens with one attached hydrogen (secondary N) is 1. The molecular formula is C14H9NO. The van der Waals surface area contributed by atoms with Gasteiger partial charge in [-0.05, 0) is 18.2 Å². The highest BCUT2D eigenvalue weighted by molar-refractivity contribution is 6.09. The molecular weight excluding hydrogens is 198 g/mol. The number of aromatic amines is 1. The lowest BCUT2D eigenvalue weighted by Crippen LogP contribution is -1.68. The van der Waals surface area contributed by atoms with Crippen molar-refractivity contribution in [3.8, 4) is 0 Å². The van der Waals surface area contributed by atoms with E-state index in [9.17, 15) is 0 Å². The summed E-state index contributed by atoms with van der Waals surface area (Å²) in [5.41, 5.74) is 3.01. The minimum atomic E-state index is 0.941. The zero-order chi connectivity index (χ0) is 10.5. The second-order valence-corrected chi connectivity index (χ2v) is 4.01. The van der Waals surface area contributed by atoms with Gasteiger partial charge in [0.05, 0.1) is 0 Å². The van der Waals surface area contributed by atoms with E-state index in [0.717, 1.165) is 16.7 Å². The maximum atomic E-state index is 5.81. The monoisotopic (exact) mass is 207 g/mol. The first-order valence-corrected chi connectivity index (χ1v) is 5.30. The molecule has 0 saturated heterocycles. The largest absolute Gasteiger partial charge is 0.456 e. The molecule has 0 saturated carbocycles. The first-order chi connectivity index (χ1) is 7.92. The zero-order valence-electron chi connectivity index (χ0n) is 8.53. The van der Waals surface area contributed by atoms with E-state index < -0.39 is 0 Å². The van der Waals surface area contributed by atoms with Gasteiger partial charge in [-0.25, -0.2) is 0 Å². The first-order valence-electron chi connectivity index (χ1n) is 5.30. The third kappa shape index (κ3) is 0.910. The normalized spacial score (nSPS) is 11.8. The molecule has 0 radical (unpaired) electrons. The molecule has 0 spiro atoms. The molecule has 0 atom stereocenters. The summed E-state index contributed by atoms with van der Waals surface area (Å²) in [6, 6.07) is 14.5. The Morgan fingerprint density at radius 1 is 0.875 bits per heavy atom. The zero-order valence-corrected chi connectivity index (χ0v) is 8.53. The molecule has 2 aromatic carbocycles. The highest BCUT2D eigenvalue weighted by Crippen LogP contribution is 2.31. The van der Waals surface area contributed by atoms with E-state index in [0.29, 0.717) is 0 Å². The molecule has 0 unspecified atom stereocenters. The van der Waals surface area contributed by atoms with Gasteiger partial charge in [0, 0.05) is 33.9 Å². The van der Waals surface area contributed by atoms with Crippen LogP contribution in [0.15, 0.2) is 53.1 Å². The molecule has 0 fully saturated rings. The van der Waals surface area contributed by atoms with E-state index in [1.807, 2.05) is 24.4 Å². The SMILES string of the molecule is c1ccc2c(c1)oc1cc3[nH]ccc3cc12. The summed E-state index contributed by atoms with van der Waals surface area (Å²) >= 11 is 0. The third-order valence-electron chi connectivity index (χ3n) is 3.05. The number of rotatable bonds is 0. The van der Waals surface area contributed by atoms with Crippen LogP contribution in [0.2, 0.25) is 0 Å². The van der Waals surface area contributed by atoms with Gasteiger partial charge >= 0.3 is 0 Å². The number of H-pyrrole nitrogens is 1. The van der Waals surface area contributed by atoms with Gasteiger partial charge in [0.15, 0.2) is 0 Å². The summed E-state index contributed by atoms with van der Waals surface area (Å²) in [6.45, 7) is 0. The van der Waals surface area contributed by atoms with Crippen LogP contribution in [0.25, 0.3) is 32.8 Å². The number of benzene rings is 2. The van der Waals surface area contributed by atoms with Crippen molar-refractivity contribution in [3.05, 3.63) is 48.7 Å². The van der Waals surface area contributed by atoms with Crippen molar-refractivity contribution in [2.45, 2.75) is 0 Å². The Labute approximate surface area is 91.5 Å². The Kier molecular flexibility index (Phi) is 1.33. The van der Waals surface area contributed by atoms with Crippen molar-refractivity contribution in [1.82, 2.24) is 4.98 Å². The maximum absolute atomic E-state index is 5.81. The number of furan rings is 1. The van der Waals surface area contributed by atoms with Crippen molar-refractivity contribution in [3.63, 3.8) is 0 Å². The number of aromatic nitrogens is 1. The summed E-state index contributed by atoms with van der Waals surface area (Å²) in [7, 11) is 0. The van der Waals surface area contributed by atoms with Crippen molar-refractivity contribution >= 4 is 32.8 Å². The van der Waals surface area contributed by atoms with E-state index in [2.05, 4.69) is 29.2 Å². The standard InChI is InChI=1S/C14H9NO/c1-2-4-13-10(3-1)11-7-9-5-6-15-12(9)8-14(11)16-13/h1-8,15H. The Balaban J connectivity index is 2.32. The van der Waals surface area contributed by atoms with Gasteiger partial charge in [-0.3, -0.25) is 0 Å². The molecule has 4 aromatic rings. The van der Waals surface area contributed by atoms with Gasteiger partial charge in [-0.1, -0.05) is 18.2 Å². The molecule has 4 rings (SSSR count). The molecule has 16 heavy (non-hydrogen) atoms. The Morgan fingerprint density at radius 2 is 1.81 bits per heavy atom.